The summed E-state index contributed by atoms with van der Waals surface area (Å²) in [7, 11) is 0. The fourth-order valence-electron chi connectivity index (χ4n) is 4.12. The molecule has 1 nitrogen and oxygen atoms in total. The van der Waals surface area contributed by atoms with Gasteiger partial charge in [-0.05, 0) is 42.0 Å². The van der Waals surface area contributed by atoms with E-state index in [2.05, 4.69) is 11.9 Å². The minimum Gasteiger partial charge on any atom is -0.247 e. The largest absolute Gasteiger partial charge is 0.247 e. The third-order valence-corrected chi connectivity index (χ3v) is 5.76. The van der Waals surface area contributed by atoms with E-state index in [0.717, 1.165) is 40.1 Å². The highest BCUT2D eigenvalue weighted by molar-refractivity contribution is 6.05. The van der Waals surface area contributed by atoms with Gasteiger partial charge in [-0.3, -0.25) is 0 Å². The molecule has 154 valence electrons. The summed E-state index contributed by atoms with van der Waals surface area (Å²) in [4.78, 5) is 4.65. The van der Waals surface area contributed by atoms with Crippen LogP contribution in [0.2, 0.25) is 0 Å². The van der Waals surface area contributed by atoms with Crippen LogP contribution in [0.15, 0.2) is 60.7 Å². The van der Waals surface area contributed by atoms with Crippen molar-refractivity contribution in [1.82, 2.24) is 4.98 Å². The number of fused-ring (bicyclic) bond motifs is 3. The lowest BCUT2D eigenvalue weighted by atomic mass is 10.0. The third-order valence-electron chi connectivity index (χ3n) is 5.76. The Hall–Kier alpha value is -2.81. The number of unbranched alkanes of at least 4 members (excludes halogenated alkanes) is 5. The van der Waals surface area contributed by atoms with Gasteiger partial charge in [0.25, 0.3) is 0 Å². The highest BCUT2D eigenvalue weighted by atomic mass is 19.1. The maximum absolute atomic E-state index is 14.9. The zero-order valence-electron chi connectivity index (χ0n) is 17.4. The molecule has 0 amide bonds. The second-order valence-corrected chi connectivity index (χ2v) is 8.01. The zero-order valence-corrected chi connectivity index (χ0v) is 17.4. The molecule has 4 rings (SSSR count). The van der Waals surface area contributed by atoms with E-state index in [0.29, 0.717) is 12.1 Å². The van der Waals surface area contributed by atoms with Crippen LogP contribution < -0.4 is 0 Å². The van der Waals surface area contributed by atoms with Crippen LogP contribution in [0.1, 0.15) is 51.0 Å². The summed E-state index contributed by atoms with van der Waals surface area (Å²) >= 11 is 0. The van der Waals surface area contributed by atoms with Crippen molar-refractivity contribution >= 4 is 21.7 Å². The van der Waals surface area contributed by atoms with Gasteiger partial charge in [0.05, 0.1) is 16.8 Å². The van der Waals surface area contributed by atoms with Crippen molar-refractivity contribution in [2.45, 2.75) is 51.9 Å². The van der Waals surface area contributed by atoms with Gasteiger partial charge in [0.2, 0.25) is 0 Å². The predicted molar refractivity (Wildman–Crippen MR) is 122 cm³/mol. The van der Waals surface area contributed by atoms with Crippen molar-refractivity contribution in [3.63, 3.8) is 0 Å². The van der Waals surface area contributed by atoms with Gasteiger partial charge >= 0.3 is 0 Å². The fraction of sp³-hybridized carbons (Fsp3) is 0.296. The molecule has 0 aliphatic rings. The molecule has 1 heterocycles. The van der Waals surface area contributed by atoms with Crippen molar-refractivity contribution in [2.24, 2.45) is 0 Å². The number of hydrogen-bond acceptors (Lipinski definition) is 1. The Kier molecular flexibility index (Phi) is 6.37. The molecule has 0 bridgehead atoms. The molecule has 0 N–H and O–H groups in total. The molecule has 0 saturated heterocycles. The lowest BCUT2D eigenvalue weighted by Crippen LogP contribution is -1.97. The minimum absolute atomic E-state index is 0.0449. The summed E-state index contributed by atoms with van der Waals surface area (Å²) in [5.41, 5.74) is 1.77. The Morgan fingerprint density at radius 1 is 0.733 bits per heavy atom. The van der Waals surface area contributed by atoms with Crippen molar-refractivity contribution < 1.29 is 8.78 Å². The molecule has 3 heteroatoms. The number of rotatable bonds is 8. The number of aryl methyl sites for hydroxylation is 1. The van der Waals surface area contributed by atoms with Crippen LogP contribution in [-0.2, 0) is 6.42 Å². The molecule has 0 radical (unpaired) electrons. The highest BCUT2D eigenvalue weighted by Gasteiger charge is 2.15. The second kappa shape index (κ2) is 9.34. The van der Waals surface area contributed by atoms with E-state index in [1.165, 1.54) is 37.8 Å². The molecule has 30 heavy (non-hydrogen) atoms. The fourth-order valence-corrected chi connectivity index (χ4v) is 4.12. The van der Waals surface area contributed by atoms with Gasteiger partial charge in [0.1, 0.15) is 11.6 Å². The Bertz CT molecular complexity index is 1140. The van der Waals surface area contributed by atoms with Gasteiger partial charge in [-0.25, -0.2) is 13.8 Å². The molecule has 1 aromatic heterocycles. The Labute approximate surface area is 176 Å². The lowest BCUT2D eigenvalue weighted by molar-refractivity contribution is 0.578. The van der Waals surface area contributed by atoms with Gasteiger partial charge in [-0.1, -0.05) is 81.5 Å². The number of halogens is 2. The Morgan fingerprint density at radius 2 is 1.40 bits per heavy atom. The van der Waals surface area contributed by atoms with E-state index >= 15 is 0 Å². The average molecular weight is 404 g/mol. The van der Waals surface area contributed by atoms with Gasteiger partial charge in [0, 0.05) is 10.8 Å². The second-order valence-electron chi connectivity index (χ2n) is 8.01. The minimum atomic E-state index is -0.539. The molecule has 4 aromatic rings. The molecule has 0 atom stereocenters. The molecule has 0 fully saturated rings. The van der Waals surface area contributed by atoms with E-state index in [9.17, 15) is 8.78 Å². The number of pyridine rings is 1. The van der Waals surface area contributed by atoms with Gasteiger partial charge < -0.3 is 0 Å². The molecule has 0 spiro atoms. The normalized spacial score (nSPS) is 11.4. The molecule has 0 aliphatic heterocycles. The first kappa shape index (κ1) is 20.5. The maximum Gasteiger partial charge on any atom is 0.135 e. The number of nitrogens with zero attached hydrogens (tertiary/aromatic N) is 1. The van der Waals surface area contributed by atoms with Crippen molar-refractivity contribution in [1.29, 1.82) is 0 Å². The van der Waals surface area contributed by atoms with Crippen LogP contribution in [-0.4, -0.2) is 4.98 Å². The SMILES string of the molecule is CCCCCCCCc1cc(F)c(-c2ccc3ccc4ccccc4c3n2)c(F)c1. The molecule has 0 saturated carbocycles. The summed E-state index contributed by atoms with van der Waals surface area (Å²) in [5.74, 6) is -1.08. The van der Waals surface area contributed by atoms with E-state index in [1.807, 2.05) is 42.5 Å². The number of hydrogen-bond donors (Lipinski definition) is 0. The van der Waals surface area contributed by atoms with E-state index in [-0.39, 0.29) is 5.56 Å². The van der Waals surface area contributed by atoms with Crippen LogP contribution >= 0.6 is 0 Å². The highest BCUT2D eigenvalue weighted by Crippen LogP contribution is 2.30. The predicted octanol–water partition coefficient (Wildman–Crippen LogP) is 8.24. The van der Waals surface area contributed by atoms with Gasteiger partial charge in [-0.15, -0.1) is 0 Å². The van der Waals surface area contributed by atoms with Crippen LogP contribution in [0.4, 0.5) is 8.78 Å². The average Bonchev–Trinajstić information content (AvgIpc) is 2.75. The topological polar surface area (TPSA) is 12.9 Å². The lowest BCUT2D eigenvalue weighted by Gasteiger charge is -2.10. The number of benzene rings is 3. The summed E-state index contributed by atoms with van der Waals surface area (Å²) < 4.78 is 29.8. The van der Waals surface area contributed by atoms with Crippen LogP contribution in [0, 0.1) is 11.6 Å². The molecule has 0 unspecified atom stereocenters. The van der Waals surface area contributed by atoms with E-state index in [1.54, 1.807) is 6.07 Å². The quantitative estimate of drug-likeness (QED) is 0.213. The standard InChI is InChI=1S/C27H27F2N/c1-2-3-4-5-6-7-10-19-17-23(28)26(24(29)18-19)25-16-15-21-14-13-20-11-8-9-12-22(20)27(21)30-25/h8-9,11-18H,2-7,10H2,1H3. The summed E-state index contributed by atoms with van der Waals surface area (Å²) in [5, 5.41) is 3.00. The van der Waals surface area contributed by atoms with Crippen LogP contribution in [0.3, 0.4) is 0 Å². The van der Waals surface area contributed by atoms with Gasteiger partial charge in [0.15, 0.2) is 0 Å². The molecule has 0 aliphatic carbocycles. The summed E-state index contributed by atoms with van der Waals surface area (Å²) in [6.07, 6.45) is 7.66. The summed E-state index contributed by atoms with van der Waals surface area (Å²) in [6.45, 7) is 2.19. The Balaban J connectivity index is 1.60. The maximum atomic E-state index is 14.9. The van der Waals surface area contributed by atoms with Crippen molar-refractivity contribution in [2.75, 3.05) is 0 Å². The smallest absolute Gasteiger partial charge is 0.135 e. The van der Waals surface area contributed by atoms with Crippen LogP contribution in [0.5, 0.6) is 0 Å². The van der Waals surface area contributed by atoms with Crippen molar-refractivity contribution in [3.8, 4) is 11.3 Å². The molecule has 3 aromatic carbocycles. The Morgan fingerprint density at radius 3 is 2.20 bits per heavy atom. The van der Waals surface area contributed by atoms with Crippen LogP contribution in [0.25, 0.3) is 32.9 Å². The van der Waals surface area contributed by atoms with Crippen molar-refractivity contribution in [3.05, 3.63) is 77.9 Å². The summed E-state index contributed by atoms with van der Waals surface area (Å²) in [6, 6.07) is 18.5. The number of aromatic nitrogens is 1. The first-order valence-electron chi connectivity index (χ1n) is 10.9. The molecular formula is C27H27F2N. The monoisotopic (exact) mass is 403 g/mol. The van der Waals surface area contributed by atoms with Gasteiger partial charge in [-0.2, -0.15) is 0 Å². The first-order chi connectivity index (χ1) is 14.7. The van der Waals surface area contributed by atoms with E-state index in [4.69, 9.17) is 0 Å². The third kappa shape index (κ3) is 4.35. The zero-order chi connectivity index (χ0) is 20.9. The molecular weight excluding hydrogens is 376 g/mol. The van der Waals surface area contributed by atoms with E-state index < -0.39 is 11.6 Å². The first-order valence-corrected chi connectivity index (χ1v) is 10.9.